The van der Waals surface area contributed by atoms with Gasteiger partial charge in [0.15, 0.2) is 11.6 Å². The SMILES string of the molecule is C/C=C1/C(=O)C[C@@H]2[C@H]3CCC4=CC(=O)CC[C@]4(C)[C@@H]3CC[C@]12C. The maximum absolute atomic E-state index is 12.5. The minimum absolute atomic E-state index is 0.106. The van der Waals surface area contributed by atoms with Gasteiger partial charge in [-0.05, 0) is 79.3 Å². The molecular formula is C21H28O2. The number of carbonyl (C=O) groups is 2. The number of Topliss-reactive ketones (excluding diaryl/α,β-unsaturated/α-hetero) is 1. The molecular weight excluding hydrogens is 284 g/mol. The molecule has 0 aliphatic heterocycles. The average molecular weight is 312 g/mol. The standard InChI is InChI=1S/C21H28O2/c1-4-16-19(23)12-18-15-6-5-13-11-14(22)7-9-20(13,2)17(15)8-10-21(16,18)3/h4,11,15,17-18H,5-10,12H2,1-3H3/b16-4-/t15-,17+,18+,20-,21+/m0/s1. The zero-order valence-corrected chi connectivity index (χ0v) is 14.7. The van der Waals surface area contributed by atoms with Gasteiger partial charge in [-0.2, -0.15) is 0 Å². The van der Waals surface area contributed by atoms with Crippen molar-refractivity contribution >= 4 is 11.6 Å². The number of hydrogen-bond acceptors (Lipinski definition) is 2. The van der Waals surface area contributed by atoms with E-state index in [1.807, 2.05) is 13.0 Å². The molecule has 0 N–H and O–H groups in total. The van der Waals surface area contributed by atoms with Gasteiger partial charge >= 0.3 is 0 Å². The van der Waals surface area contributed by atoms with Gasteiger partial charge in [0.25, 0.3) is 0 Å². The first-order valence-corrected chi connectivity index (χ1v) is 9.34. The molecule has 0 aromatic rings. The summed E-state index contributed by atoms with van der Waals surface area (Å²) in [7, 11) is 0. The summed E-state index contributed by atoms with van der Waals surface area (Å²) in [5.41, 5.74) is 2.83. The molecule has 0 unspecified atom stereocenters. The predicted molar refractivity (Wildman–Crippen MR) is 90.9 cm³/mol. The summed E-state index contributed by atoms with van der Waals surface area (Å²) in [4.78, 5) is 24.4. The third-order valence-corrected chi connectivity index (χ3v) is 7.96. The second-order valence-electron chi connectivity index (χ2n) is 8.75. The lowest BCUT2D eigenvalue weighted by atomic mass is 9.47. The molecule has 2 nitrogen and oxygen atoms in total. The van der Waals surface area contributed by atoms with Crippen molar-refractivity contribution in [3.8, 4) is 0 Å². The lowest BCUT2D eigenvalue weighted by Gasteiger charge is -2.57. The van der Waals surface area contributed by atoms with E-state index in [-0.39, 0.29) is 10.8 Å². The van der Waals surface area contributed by atoms with E-state index >= 15 is 0 Å². The molecule has 0 spiro atoms. The highest BCUT2D eigenvalue weighted by Gasteiger charge is 2.59. The Morgan fingerprint density at radius 1 is 1.04 bits per heavy atom. The molecule has 5 atom stereocenters. The van der Waals surface area contributed by atoms with Gasteiger partial charge in [-0.15, -0.1) is 0 Å². The molecule has 4 aliphatic carbocycles. The van der Waals surface area contributed by atoms with Crippen molar-refractivity contribution in [3.63, 3.8) is 0 Å². The summed E-state index contributed by atoms with van der Waals surface area (Å²) < 4.78 is 0. The number of allylic oxidation sites excluding steroid dienone is 3. The summed E-state index contributed by atoms with van der Waals surface area (Å²) in [5.74, 6) is 2.56. The largest absolute Gasteiger partial charge is 0.295 e. The summed E-state index contributed by atoms with van der Waals surface area (Å²) in [6.45, 7) is 6.77. The summed E-state index contributed by atoms with van der Waals surface area (Å²) in [6.07, 6.45) is 11.1. The van der Waals surface area contributed by atoms with Gasteiger partial charge in [0, 0.05) is 12.8 Å². The van der Waals surface area contributed by atoms with Crippen LogP contribution < -0.4 is 0 Å². The monoisotopic (exact) mass is 312 g/mol. The van der Waals surface area contributed by atoms with E-state index in [1.54, 1.807) is 0 Å². The van der Waals surface area contributed by atoms with Crippen LogP contribution in [0.5, 0.6) is 0 Å². The number of fused-ring (bicyclic) bond motifs is 5. The highest BCUT2D eigenvalue weighted by Crippen LogP contribution is 2.65. The van der Waals surface area contributed by atoms with E-state index in [1.165, 1.54) is 18.4 Å². The van der Waals surface area contributed by atoms with Crippen LogP contribution in [-0.4, -0.2) is 11.6 Å². The molecule has 3 saturated carbocycles. The van der Waals surface area contributed by atoms with Crippen LogP contribution in [0.25, 0.3) is 0 Å². The van der Waals surface area contributed by atoms with E-state index in [4.69, 9.17) is 0 Å². The number of carbonyl (C=O) groups excluding carboxylic acids is 2. The molecule has 0 bridgehead atoms. The van der Waals surface area contributed by atoms with Crippen molar-refractivity contribution in [2.75, 3.05) is 0 Å². The van der Waals surface area contributed by atoms with E-state index < -0.39 is 0 Å². The molecule has 0 aromatic carbocycles. The fraction of sp³-hybridized carbons (Fsp3) is 0.714. The molecule has 0 amide bonds. The number of ketones is 2. The Kier molecular flexibility index (Phi) is 3.28. The first-order valence-electron chi connectivity index (χ1n) is 9.34. The van der Waals surface area contributed by atoms with Crippen molar-refractivity contribution in [1.29, 1.82) is 0 Å². The van der Waals surface area contributed by atoms with Crippen LogP contribution in [0.15, 0.2) is 23.3 Å². The van der Waals surface area contributed by atoms with E-state index in [0.717, 1.165) is 31.3 Å². The fourth-order valence-corrected chi connectivity index (χ4v) is 6.71. The van der Waals surface area contributed by atoms with Crippen LogP contribution in [0.2, 0.25) is 0 Å². The zero-order chi connectivity index (χ0) is 16.4. The summed E-state index contributed by atoms with van der Waals surface area (Å²) >= 11 is 0. The van der Waals surface area contributed by atoms with Crippen LogP contribution in [0, 0.1) is 28.6 Å². The average Bonchev–Trinajstić information content (AvgIpc) is 2.77. The molecule has 0 radical (unpaired) electrons. The summed E-state index contributed by atoms with van der Waals surface area (Å²) in [5, 5.41) is 0. The van der Waals surface area contributed by atoms with E-state index in [9.17, 15) is 9.59 Å². The van der Waals surface area contributed by atoms with Gasteiger partial charge in [0.2, 0.25) is 0 Å². The first-order chi connectivity index (χ1) is 10.9. The Morgan fingerprint density at radius 3 is 2.57 bits per heavy atom. The molecule has 3 fully saturated rings. The first kappa shape index (κ1) is 15.4. The molecule has 4 aliphatic rings. The molecule has 0 aromatic heterocycles. The fourth-order valence-electron chi connectivity index (χ4n) is 6.71. The lowest BCUT2D eigenvalue weighted by molar-refractivity contribution is -0.117. The quantitative estimate of drug-likeness (QED) is 0.610. The van der Waals surface area contributed by atoms with Crippen molar-refractivity contribution < 1.29 is 9.59 Å². The van der Waals surface area contributed by atoms with Crippen molar-refractivity contribution in [1.82, 2.24) is 0 Å². The maximum Gasteiger partial charge on any atom is 0.159 e. The normalized spacial score (nSPS) is 47.9. The van der Waals surface area contributed by atoms with E-state index in [2.05, 4.69) is 19.9 Å². The van der Waals surface area contributed by atoms with Gasteiger partial charge in [-0.1, -0.05) is 25.5 Å². The summed E-state index contributed by atoms with van der Waals surface area (Å²) in [6, 6.07) is 0. The van der Waals surface area contributed by atoms with Crippen molar-refractivity contribution in [2.45, 2.75) is 65.7 Å². The second-order valence-corrected chi connectivity index (χ2v) is 8.75. The van der Waals surface area contributed by atoms with E-state index in [0.29, 0.717) is 35.7 Å². The van der Waals surface area contributed by atoms with Gasteiger partial charge in [-0.25, -0.2) is 0 Å². The Bertz CT molecular complexity index is 640. The Morgan fingerprint density at radius 2 is 1.83 bits per heavy atom. The maximum atomic E-state index is 12.5. The highest BCUT2D eigenvalue weighted by molar-refractivity contribution is 5.99. The Balaban J connectivity index is 1.72. The topological polar surface area (TPSA) is 34.1 Å². The predicted octanol–water partition coefficient (Wildman–Crippen LogP) is 4.64. The zero-order valence-electron chi connectivity index (χ0n) is 14.7. The van der Waals surface area contributed by atoms with Gasteiger partial charge in [0.05, 0.1) is 0 Å². The second kappa shape index (κ2) is 4.91. The van der Waals surface area contributed by atoms with Crippen LogP contribution in [-0.2, 0) is 9.59 Å². The Labute approximate surface area is 139 Å². The third-order valence-electron chi connectivity index (χ3n) is 7.96. The smallest absolute Gasteiger partial charge is 0.159 e. The van der Waals surface area contributed by atoms with Crippen LogP contribution >= 0.6 is 0 Å². The Hall–Kier alpha value is -1.18. The minimum Gasteiger partial charge on any atom is -0.295 e. The molecule has 23 heavy (non-hydrogen) atoms. The van der Waals surface area contributed by atoms with Crippen LogP contribution in [0.1, 0.15) is 65.7 Å². The van der Waals surface area contributed by atoms with Crippen LogP contribution in [0.4, 0.5) is 0 Å². The molecule has 124 valence electrons. The van der Waals surface area contributed by atoms with Crippen LogP contribution in [0.3, 0.4) is 0 Å². The van der Waals surface area contributed by atoms with Crippen molar-refractivity contribution in [3.05, 3.63) is 23.3 Å². The number of rotatable bonds is 0. The molecule has 0 heterocycles. The molecule has 0 saturated heterocycles. The molecule has 4 rings (SSSR count). The van der Waals surface area contributed by atoms with Crippen molar-refractivity contribution in [2.24, 2.45) is 28.6 Å². The highest BCUT2D eigenvalue weighted by atomic mass is 16.1. The van der Waals surface area contributed by atoms with Gasteiger partial charge in [-0.3, -0.25) is 9.59 Å². The number of hydrogen-bond donors (Lipinski definition) is 0. The minimum atomic E-state index is 0.106. The lowest BCUT2D eigenvalue weighted by Crippen LogP contribution is -2.49. The van der Waals surface area contributed by atoms with Gasteiger partial charge in [0.1, 0.15) is 0 Å². The third kappa shape index (κ3) is 1.93. The van der Waals surface area contributed by atoms with Gasteiger partial charge < -0.3 is 0 Å². The molecule has 2 heteroatoms.